The zero-order valence-corrected chi connectivity index (χ0v) is 11.2. The van der Waals surface area contributed by atoms with E-state index in [2.05, 4.69) is 13.8 Å². The monoisotopic (exact) mass is 228 g/mol. The lowest BCUT2D eigenvalue weighted by Crippen LogP contribution is -2.72. The summed E-state index contributed by atoms with van der Waals surface area (Å²) in [5.74, 6) is 0.323. The first-order valence-electron chi connectivity index (χ1n) is 5.57. The van der Waals surface area contributed by atoms with E-state index >= 15 is 0 Å². The Labute approximate surface area is 96.1 Å². The van der Waals surface area contributed by atoms with Crippen LogP contribution in [0.25, 0.3) is 0 Å². The number of rotatable bonds is 0. The lowest BCUT2D eigenvalue weighted by atomic mass is 9.51. The molecule has 1 aliphatic heterocycles. The van der Waals surface area contributed by atoms with Gasteiger partial charge in [-0.1, -0.05) is 6.92 Å². The minimum atomic E-state index is -0.347. The standard InChI is InChI=1S/C12H20O2S/c1-7-8(2)15-12(14-7)10(3,4)9(13)11(12,5)6/h7-8H,1-6H3/t7-,8+/m0/s1. The highest BCUT2D eigenvalue weighted by atomic mass is 32.2. The van der Waals surface area contributed by atoms with Crippen molar-refractivity contribution in [3.63, 3.8) is 0 Å². The molecular weight excluding hydrogens is 208 g/mol. The summed E-state index contributed by atoms with van der Waals surface area (Å²) >= 11 is 1.84. The number of hydrogen-bond donors (Lipinski definition) is 0. The molecule has 3 heteroatoms. The van der Waals surface area contributed by atoms with Crippen molar-refractivity contribution in [2.24, 2.45) is 10.8 Å². The van der Waals surface area contributed by atoms with Crippen molar-refractivity contribution >= 4 is 17.5 Å². The van der Waals surface area contributed by atoms with Gasteiger partial charge in [-0.3, -0.25) is 4.79 Å². The van der Waals surface area contributed by atoms with Crippen molar-refractivity contribution in [3.05, 3.63) is 0 Å². The summed E-state index contributed by atoms with van der Waals surface area (Å²) in [6.07, 6.45) is 0.238. The van der Waals surface area contributed by atoms with Crippen LogP contribution in [0.2, 0.25) is 0 Å². The molecule has 1 saturated carbocycles. The average Bonchev–Trinajstić information content (AvgIpc) is 2.44. The lowest BCUT2D eigenvalue weighted by molar-refractivity contribution is -0.210. The summed E-state index contributed by atoms with van der Waals surface area (Å²) in [6.45, 7) is 12.3. The van der Waals surface area contributed by atoms with Gasteiger partial charge in [0.1, 0.15) is 4.93 Å². The van der Waals surface area contributed by atoms with Gasteiger partial charge in [0.15, 0.2) is 5.78 Å². The fourth-order valence-electron chi connectivity index (χ4n) is 3.13. The fourth-order valence-corrected chi connectivity index (χ4v) is 4.88. The van der Waals surface area contributed by atoms with E-state index in [0.717, 1.165) is 0 Å². The molecule has 15 heavy (non-hydrogen) atoms. The van der Waals surface area contributed by atoms with Gasteiger partial charge < -0.3 is 4.74 Å². The van der Waals surface area contributed by atoms with E-state index in [1.807, 2.05) is 39.5 Å². The number of carbonyl (C=O) groups is 1. The molecule has 0 N–H and O–H groups in total. The molecule has 0 aromatic heterocycles. The third kappa shape index (κ3) is 1.04. The van der Waals surface area contributed by atoms with Crippen molar-refractivity contribution in [3.8, 4) is 0 Å². The van der Waals surface area contributed by atoms with E-state index in [0.29, 0.717) is 11.0 Å². The predicted octanol–water partition coefficient (Wildman–Crippen LogP) is 2.86. The Kier molecular flexibility index (Phi) is 2.14. The number of Topliss-reactive ketones (excluding diaryl/α,β-unsaturated/α-hetero) is 1. The van der Waals surface area contributed by atoms with E-state index in [-0.39, 0.29) is 21.9 Å². The minimum Gasteiger partial charge on any atom is -0.358 e. The Balaban J connectivity index is 2.41. The molecule has 1 aliphatic carbocycles. The molecule has 1 saturated heterocycles. The van der Waals surface area contributed by atoms with Crippen LogP contribution in [-0.4, -0.2) is 22.1 Å². The molecule has 2 nitrogen and oxygen atoms in total. The predicted molar refractivity (Wildman–Crippen MR) is 62.9 cm³/mol. The molecule has 0 unspecified atom stereocenters. The molecule has 2 aliphatic rings. The second-order valence-corrected chi connectivity index (χ2v) is 7.40. The van der Waals surface area contributed by atoms with Crippen molar-refractivity contribution in [1.82, 2.24) is 0 Å². The first-order valence-corrected chi connectivity index (χ1v) is 6.45. The highest BCUT2D eigenvalue weighted by molar-refractivity contribution is 8.01. The maximum atomic E-state index is 12.1. The van der Waals surface area contributed by atoms with Crippen molar-refractivity contribution in [1.29, 1.82) is 0 Å². The van der Waals surface area contributed by atoms with Gasteiger partial charge in [0.2, 0.25) is 0 Å². The largest absolute Gasteiger partial charge is 0.358 e. The van der Waals surface area contributed by atoms with E-state index < -0.39 is 0 Å². The van der Waals surface area contributed by atoms with Crippen LogP contribution < -0.4 is 0 Å². The molecule has 1 spiro atoms. The van der Waals surface area contributed by atoms with Crippen LogP contribution in [0.15, 0.2) is 0 Å². The molecule has 2 atom stereocenters. The number of ether oxygens (including phenoxy) is 1. The van der Waals surface area contributed by atoms with Gasteiger partial charge in [-0.2, -0.15) is 0 Å². The summed E-state index contributed by atoms with van der Waals surface area (Å²) < 4.78 is 6.14. The van der Waals surface area contributed by atoms with Crippen LogP contribution in [0.5, 0.6) is 0 Å². The smallest absolute Gasteiger partial charge is 0.151 e. The van der Waals surface area contributed by atoms with Crippen LogP contribution >= 0.6 is 11.8 Å². The summed E-state index contributed by atoms with van der Waals surface area (Å²) in [4.78, 5) is 11.8. The molecule has 0 aromatic rings. The van der Waals surface area contributed by atoms with Crippen LogP contribution in [0.1, 0.15) is 41.5 Å². The van der Waals surface area contributed by atoms with Crippen LogP contribution in [0.4, 0.5) is 0 Å². The second-order valence-electron chi connectivity index (χ2n) is 5.84. The number of hydrogen-bond acceptors (Lipinski definition) is 3. The summed E-state index contributed by atoms with van der Waals surface area (Å²) in [6, 6.07) is 0. The first kappa shape index (κ1) is 11.5. The van der Waals surface area contributed by atoms with E-state index in [9.17, 15) is 4.79 Å². The quantitative estimate of drug-likeness (QED) is 0.637. The molecular formula is C12H20O2S. The average molecular weight is 228 g/mol. The van der Waals surface area contributed by atoms with E-state index in [4.69, 9.17) is 4.74 Å². The minimum absolute atomic E-state index is 0.238. The Morgan fingerprint density at radius 2 is 1.60 bits per heavy atom. The van der Waals surface area contributed by atoms with Crippen LogP contribution in [-0.2, 0) is 9.53 Å². The van der Waals surface area contributed by atoms with Crippen molar-refractivity contribution in [2.75, 3.05) is 0 Å². The molecule has 86 valence electrons. The SMILES string of the molecule is C[C@@H]1OC2(S[C@@H]1C)C(C)(C)C(=O)C2(C)C. The molecule has 2 fully saturated rings. The van der Waals surface area contributed by atoms with Gasteiger partial charge in [0, 0.05) is 5.25 Å². The van der Waals surface area contributed by atoms with Crippen LogP contribution in [0, 0.1) is 10.8 Å². The molecule has 2 rings (SSSR count). The van der Waals surface area contributed by atoms with Gasteiger partial charge in [-0.05, 0) is 34.6 Å². The number of carbonyl (C=O) groups excluding carboxylic acids is 1. The molecule has 0 bridgehead atoms. The highest BCUT2D eigenvalue weighted by Crippen LogP contribution is 2.69. The van der Waals surface area contributed by atoms with Crippen LogP contribution in [0.3, 0.4) is 0 Å². The zero-order valence-electron chi connectivity index (χ0n) is 10.4. The topological polar surface area (TPSA) is 26.3 Å². The van der Waals surface area contributed by atoms with Gasteiger partial charge in [0.25, 0.3) is 0 Å². The highest BCUT2D eigenvalue weighted by Gasteiger charge is 2.76. The maximum absolute atomic E-state index is 12.1. The maximum Gasteiger partial charge on any atom is 0.151 e. The third-order valence-corrected chi connectivity index (χ3v) is 6.35. The summed E-state index contributed by atoms with van der Waals surface area (Å²) in [7, 11) is 0. The molecule has 0 amide bonds. The molecule has 0 radical (unpaired) electrons. The Hall–Kier alpha value is -0.0200. The Morgan fingerprint density at radius 1 is 1.13 bits per heavy atom. The first-order chi connectivity index (χ1) is 6.67. The molecule has 0 aromatic carbocycles. The zero-order chi connectivity index (χ0) is 11.6. The third-order valence-electron chi connectivity index (χ3n) is 4.15. The molecule has 1 heterocycles. The Morgan fingerprint density at radius 3 is 1.93 bits per heavy atom. The van der Waals surface area contributed by atoms with Gasteiger partial charge in [0.05, 0.1) is 16.9 Å². The second kappa shape index (κ2) is 2.80. The van der Waals surface area contributed by atoms with Gasteiger partial charge in [-0.15, -0.1) is 11.8 Å². The van der Waals surface area contributed by atoms with Crippen molar-refractivity contribution in [2.45, 2.75) is 57.8 Å². The normalized spacial score (nSPS) is 40.5. The Bertz CT molecular complexity index is 290. The number of thioether (sulfide) groups is 1. The number of ketones is 1. The fraction of sp³-hybridized carbons (Fsp3) is 0.917. The summed E-state index contributed by atoms with van der Waals surface area (Å²) in [5, 5.41) is 0.469. The van der Waals surface area contributed by atoms with E-state index in [1.54, 1.807) is 0 Å². The van der Waals surface area contributed by atoms with Gasteiger partial charge >= 0.3 is 0 Å². The van der Waals surface area contributed by atoms with Crippen molar-refractivity contribution < 1.29 is 9.53 Å². The van der Waals surface area contributed by atoms with E-state index in [1.165, 1.54) is 0 Å². The van der Waals surface area contributed by atoms with Gasteiger partial charge in [-0.25, -0.2) is 0 Å². The summed E-state index contributed by atoms with van der Waals surface area (Å²) in [5.41, 5.74) is -0.694. The lowest BCUT2D eigenvalue weighted by Gasteiger charge is -2.62.